The molecular weight excluding hydrogens is 164 g/mol. The molecule has 74 valence electrons. The first-order chi connectivity index (χ1) is 6.34. The van der Waals surface area contributed by atoms with Gasteiger partial charge >= 0.3 is 0 Å². The van der Waals surface area contributed by atoms with Crippen LogP contribution in [-0.4, -0.2) is 15.4 Å². The Morgan fingerprint density at radius 1 is 1.46 bits per heavy atom. The quantitative estimate of drug-likeness (QED) is 0.659. The Balaban J connectivity index is 2.15. The average Bonchev–Trinajstić information content (AvgIpc) is 2.65. The molecule has 0 saturated carbocycles. The van der Waals surface area contributed by atoms with Crippen molar-refractivity contribution in [1.82, 2.24) is 15.4 Å². The highest BCUT2D eigenvalue weighted by Crippen LogP contribution is 2.14. The number of hydrogen-bond donors (Lipinski definition) is 2. The highest BCUT2D eigenvalue weighted by atomic mass is 15.3. The lowest BCUT2D eigenvalue weighted by Gasteiger charge is -2.06. The third-order valence-corrected chi connectivity index (χ3v) is 2.18. The number of hydrogen-bond acceptors (Lipinski definition) is 3. The van der Waals surface area contributed by atoms with Crippen LogP contribution in [0.4, 0.5) is 0 Å². The lowest BCUT2D eigenvalue weighted by molar-refractivity contribution is 0.556. The molecule has 3 N–H and O–H groups in total. The highest BCUT2D eigenvalue weighted by molar-refractivity contribution is 4.97. The van der Waals surface area contributed by atoms with Gasteiger partial charge in [-0.2, -0.15) is 15.4 Å². The molecule has 13 heavy (non-hydrogen) atoms. The molecule has 0 spiro atoms. The maximum atomic E-state index is 5.90. The Morgan fingerprint density at radius 3 is 2.92 bits per heavy atom. The summed E-state index contributed by atoms with van der Waals surface area (Å²) in [5, 5.41) is 10.3. The Morgan fingerprint density at radius 2 is 2.31 bits per heavy atom. The van der Waals surface area contributed by atoms with Crippen LogP contribution in [0.3, 0.4) is 0 Å². The molecule has 0 amide bonds. The molecule has 0 aliphatic carbocycles. The van der Waals surface area contributed by atoms with E-state index in [0.717, 1.165) is 12.1 Å². The van der Waals surface area contributed by atoms with Crippen molar-refractivity contribution in [2.24, 2.45) is 5.73 Å². The molecule has 4 heteroatoms. The third-order valence-electron chi connectivity index (χ3n) is 2.18. The largest absolute Gasteiger partial charge is 0.323 e. The normalized spacial score (nSPS) is 13.1. The van der Waals surface area contributed by atoms with E-state index in [1.807, 2.05) is 0 Å². The lowest BCUT2D eigenvalue weighted by atomic mass is 10.1. The molecule has 1 unspecified atom stereocenters. The van der Waals surface area contributed by atoms with E-state index < -0.39 is 0 Å². The van der Waals surface area contributed by atoms with Crippen LogP contribution in [0.5, 0.6) is 0 Å². The fraction of sp³-hybridized carbons (Fsp3) is 0.778. The van der Waals surface area contributed by atoms with Crippen molar-refractivity contribution in [3.8, 4) is 0 Å². The van der Waals surface area contributed by atoms with Gasteiger partial charge in [-0.1, -0.05) is 32.6 Å². The summed E-state index contributed by atoms with van der Waals surface area (Å²) in [5.74, 6) is 0. The summed E-state index contributed by atoms with van der Waals surface area (Å²) >= 11 is 0. The molecule has 0 bridgehead atoms. The maximum Gasteiger partial charge on any atom is 0.0991 e. The zero-order valence-electron chi connectivity index (χ0n) is 8.16. The van der Waals surface area contributed by atoms with Crippen LogP contribution in [0.1, 0.15) is 50.8 Å². The van der Waals surface area contributed by atoms with Crippen molar-refractivity contribution in [2.75, 3.05) is 0 Å². The van der Waals surface area contributed by atoms with Crippen molar-refractivity contribution < 1.29 is 0 Å². The Labute approximate surface area is 78.9 Å². The average molecular weight is 182 g/mol. The second-order valence-corrected chi connectivity index (χ2v) is 3.35. The number of aromatic amines is 1. The number of unbranched alkanes of at least 4 members (excludes halogenated alkanes) is 3. The highest BCUT2D eigenvalue weighted by Gasteiger charge is 2.07. The smallest absolute Gasteiger partial charge is 0.0991 e. The molecule has 1 rings (SSSR count). The number of nitrogens with one attached hydrogen (secondary N) is 1. The summed E-state index contributed by atoms with van der Waals surface area (Å²) in [4.78, 5) is 0. The minimum atomic E-state index is 0.0515. The molecule has 0 aromatic carbocycles. The van der Waals surface area contributed by atoms with Gasteiger partial charge in [-0.15, -0.1) is 0 Å². The van der Waals surface area contributed by atoms with Crippen molar-refractivity contribution in [3.63, 3.8) is 0 Å². The van der Waals surface area contributed by atoms with E-state index in [9.17, 15) is 0 Å². The molecule has 1 aromatic rings. The van der Waals surface area contributed by atoms with E-state index in [2.05, 4.69) is 22.3 Å². The molecule has 0 aliphatic heterocycles. The SMILES string of the molecule is CCCCCCC(N)c1cn[nH]n1. The van der Waals surface area contributed by atoms with Gasteiger partial charge in [0.05, 0.1) is 17.9 Å². The minimum Gasteiger partial charge on any atom is -0.323 e. The predicted molar refractivity (Wildman–Crippen MR) is 52.1 cm³/mol. The predicted octanol–water partition coefficient (Wildman–Crippen LogP) is 1.77. The van der Waals surface area contributed by atoms with Crippen LogP contribution in [0.2, 0.25) is 0 Å². The van der Waals surface area contributed by atoms with Gasteiger partial charge < -0.3 is 5.73 Å². The topological polar surface area (TPSA) is 67.6 Å². The van der Waals surface area contributed by atoms with Crippen LogP contribution in [0.25, 0.3) is 0 Å². The van der Waals surface area contributed by atoms with Crippen LogP contribution in [-0.2, 0) is 0 Å². The Kier molecular flexibility index (Phi) is 4.46. The maximum absolute atomic E-state index is 5.90. The lowest BCUT2D eigenvalue weighted by Crippen LogP contribution is -2.10. The van der Waals surface area contributed by atoms with E-state index in [1.165, 1.54) is 25.7 Å². The first kappa shape index (κ1) is 10.2. The van der Waals surface area contributed by atoms with E-state index in [4.69, 9.17) is 5.73 Å². The summed E-state index contributed by atoms with van der Waals surface area (Å²) in [6.07, 6.45) is 7.71. The van der Waals surface area contributed by atoms with Crippen LogP contribution >= 0.6 is 0 Å². The van der Waals surface area contributed by atoms with Crippen LogP contribution < -0.4 is 5.73 Å². The Bertz CT molecular complexity index is 207. The molecule has 0 fully saturated rings. The van der Waals surface area contributed by atoms with Crippen molar-refractivity contribution in [2.45, 2.75) is 45.1 Å². The van der Waals surface area contributed by atoms with Gasteiger partial charge in [0, 0.05) is 0 Å². The molecule has 0 radical (unpaired) electrons. The van der Waals surface area contributed by atoms with Crippen molar-refractivity contribution in [3.05, 3.63) is 11.9 Å². The Hall–Kier alpha value is -0.900. The standard InChI is InChI=1S/C9H18N4/c1-2-3-4-5-6-8(10)9-7-11-13-12-9/h7-8H,2-6,10H2,1H3,(H,11,12,13). The summed E-state index contributed by atoms with van der Waals surface area (Å²) in [6.45, 7) is 2.21. The van der Waals surface area contributed by atoms with Gasteiger partial charge in [0.15, 0.2) is 0 Å². The molecular formula is C9H18N4. The fourth-order valence-corrected chi connectivity index (χ4v) is 1.33. The first-order valence-electron chi connectivity index (χ1n) is 4.96. The zero-order chi connectivity index (χ0) is 9.52. The first-order valence-corrected chi connectivity index (χ1v) is 4.96. The van der Waals surface area contributed by atoms with Gasteiger partial charge in [0.1, 0.15) is 0 Å². The monoisotopic (exact) mass is 182 g/mol. The number of H-pyrrole nitrogens is 1. The summed E-state index contributed by atoms with van der Waals surface area (Å²) in [6, 6.07) is 0.0515. The molecule has 1 heterocycles. The molecule has 1 aromatic heterocycles. The molecule has 0 aliphatic rings. The van der Waals surface area contributed by atoms with Crippen LogP contribution in [0.15, 0.2) is 6.20 Å². The molecule has 1 atom stereocenters. The minimum absolute atomic E-state index is 0.0515. The van der Waals surface area contributed by atoms with Crippen LogP contribution in [0, 0.1) is 0 Å². The van der Waals surface area contributed by atoms with E-state index >= 15 is 0 Å². The second-order valence-electron chi connectivity index (χ2n) is 3.35. The van der Waals surface area contributed by atoms with Gasteiger partial charge in [-0.05, 0) is 6.42 Å². The van der Waals surface area contributed by atoms with E-state index in [1.54, 1.807) is 6.20 Å². The van der Waals surface area contributed by atoms with Gasteiger partial charge in [0.2, 0.25) is 0 Å². The van der Waals surface area contributed by atoms with Crippen molar-refractivity contribution in [1.29, 1.82) is 0 Å². The second kappa shape index (κ2) is 5.70. The number of rotatable bonds is 6. The number of aromatic nitrogens is 3. The zero-order valence-corrected chi connectivity index (χ0v) is 8.16. The molecule has 0 saturated heterocycles. The van der Waals surface area contributed by atoms with E-state index in [-0.39, 0.29) is 6.04 Å². The van der Waals surface area contributed by atoms with Gasteiger partial charge in [-0.25, -0.2) is 0 Å². The number of nitrogens with two attached hydrogens (primary N) is 1. The summed E-state index contributed by atoms with van der Waals surface area (Å²) < 4.78 is 0. The van der Waals surface area contributed by atoms with Gasteiger partial charge in [-0.3, -0.25) is 0 Å². The summed E-state index contributed by atoms with van der Waals surface area (Å²) in [7, 11) is 0. The molecule has 4 nitrogen and oxygen atoms in total. The summed E-state index contributed by atoms with van der Waals surface area (Å²) in [5.41, 5.74) is 6.77. The van der Waals surface area contributed by atoms with Crippen molar-refractivity contribution >= 4 is 0 Å². The third kappa shape index (κ3) is 3.55. The van der Waals surface area contributed by atoms with Gasteiger partial charge in [0.25, 0.3) is 0 Å². The number of nitrogens with zero attached hydrogens (tertiary/aromatic N) is 2. The van der Waals surface area contributed by atoms with E-state index in [0.29, 0.717) is 0 Å². The fourth-order valence-electron chi connectivity index (χ4n) is 1.33.